The summed E-state index contributed by atoms with van der Waals surface area (Å²) in [5.41, 5.74) is 3.64. The Morgan fingerprint density at radius 2 is 1.80 bits per heavy atom. The number of H-pyrrole nitrogens is 1. The summed E-state index contributed by atoms with van der Waals surface area (Å²) < 4.78 is 0. The van der Waals surface area contributed by atoms with Gasteiger partial charge in [0, 0.05) is 48.1 Å². The van der Waals surface area contributed by atoms with Gasteiger partial charge in [0.15, 0.2) is 0 Å². The van der Waals surface area contributed by atoms with Crippen molar-refractivity contribution >= 4 is 28.4 Å². The summed E-state index contributed by atoms with van der Waals surface area (Å²) in [4.78, 5) is 34.2. The largest absolute Gasteiger partial charge is 0.361 e. The number of aromatic amines is 1. The number of carbonyl (C=O) groups excluding carboxylic acids is 2. The standard InChI is InChI=1S/C24H22N4O2/c1-28(19-7-3-2-4-8-19)24(30)22-15-17(11-13-25-22)23(29)26-14-12-18-16-27-21-10-6-5-9-20(18)21/h2-11,13,15-16,27H,12,14H2,1H3,(H,26,29). The van der Waals surface area contributed by atoms with Gasteiger partial charge in [-0.1, -0.05) is 36.4 Å². The number of pyridine rings is 1. The van der Waals surface area contributed by atoms with Crippen LogP contribution >= 0.6 is 0 Å². The van der Waals surface area contributed by atoms with Crippen molar-refractivity contribution in [2.75, 3.05) is 18.5 Å². The molecule has 0 saturated heterocycles. The minimum absolute atomic E-state index is 0.227. The average Bonchev–Trinajstić information content (AvgIpc) is 3.22. The molecule has 2 aromatic carbocycles. The fourth-order valence-corrected chi connectivity index (χ4v) is 3.38. The molecule has 4 aromatic rings. The van der Waals surface area contributed by atoms with Gasteiger partial charge in [-0.2, -0.15) is 0 Å². The van der Waals surface area contributed by atoms with Crippen LogP contribution < -0.4 is 10.2 Å². The molecule has 4 rings (SSSR count). The number of rotatable bonds is 6. The van der Waals surface area contributed by atoms with Gasteiger partial charge in [-0.05, 0) is 42.3 Å². The van der Waals surface area contributed by atoms with E-state index in [-0.39, 0.29) is 17.5 Å². The monoisotopic (exact) mass is 398 g/mol. The molecule has 0 bridgehead atoms. The lowest BCUT2D eigenvalue weighted by Crippen LogP contribution is -2.29. The van der Waals surface area contributed by atoms with E-state index in [1.807, 2.05) is 54.7 Å². The summed E-state index contributed by atoms with van der Waals surface area (Å²) in [5.74, 6) is -0.497. The van der Waals surface area contributed by atoms with Gasteiger partial charge in [0.1, 0.15) is 5.69 Å². The van der Waals surface area contributed by atoms with E-state index in [1.165, 1.54) is 17.2 Å². The number of nitrogens with one attached hydrogen (secondary N) is 2. The predicted octanol–water partition coefficient (Wildman–Crippen LogP) is 3.81. The number of hydrogen-bond donors (Lipinski definition) is 2. The van der Waals surface area contributed by atoms with Gasteiger partial charge in [0.05, 0.1) is 0 Å². The first-order valence-electron chi connectivity index (χ1n) is 9.76. The van der Waals surface area contributed by atoms with Crippen molar-refractivity contribution in [2.24, 2.45) is 0 Å². The van der Waals surface area contributed by atoms with Crippen molar-refractivity contribution in [1.82, 2.24) is 15.3 Å². The minimum Gasteiger partial charge on any atom is -0.361 e. The maximum Gasteiger partial charge on any atom is 0.276 e. The average molecular weight is 398 g/mol. The zero-order valence-electron chi connectivity index (χ0n) is 16.6. The lowest BCUT2D eigenvalue weighted by atomic mass is 10.1. The number of aromatic nitrogens is 2. The van der Waals surface area contributed by atoms with Gasteiger partial charge in [0.2, 0.25) is 0 Å². The Labute approximate surface area is 174 Å². The maximum atomic E-state index is 12.7. The highest BCUT2D eigenvalue weighted by molar-refractivity contribution is 6.06. The molecule has 0 aliphatic carbocycles. The third-order valence-corrected chi connectivity index (χ3v) is 5.04. The molecule has 0 radical (unpaired) electrons. The molecule has 0 unspecified atom stereocenters. The first-order valence-corrected chi connectivity index (χ1v) is 9.76. The molecule has 0 aliphatic heterocycles. The molecule has 2 aromatic heterocycles. The van der Waals surface area contributed by atoms with Crippen molar-refractivity contribution in [3.05, 3.63) is 95.9 Å². The third-order valence-electron chi connectivity index (χ3n) is 5.04. The molecule has 6 nitrogen and oxygen atoms in total. The number of para-hydroxylation sites is 2. The van der Waals surface area contributed by atoms with Gasteiger partial charge in [-0.25, -0.2) is 0 Å². The molecule has 2 heterocycles. The summed E-state index contributed by atoms with van der Waals surface area (Å²) in [5, 5.41) is 4.08. The summed E-state index contributed by atoms with van der Waals surface area (Å²) in [7, 11) is 1.69. The summed E-state index contributed by atoms with van der Waals surface area (Å²) in [6.07, 6.45) is 4.17. The Morgan fingerprint density at radius 3 is 2.63 bits per heavy atom. The zero-order chi connectivity index (χ0) is 20.9. The van der Waals surface area contributed by atoms with Gasteiger partial charge in [-0.3, -0.25) is 14.6 Å². The van der Waals surface area contributed by atoms with Crippen molar-refractivity contribution in [1.29, 1.82) is 0 Å². The van der Waals surface area contributed by atoms with Crippen molar-refractivity contribution in [3.63, 3.8) is 0 Å². The number of amides is 2. The Hall–Kier alpha value is -3.93. The molecule has 30 heavy (non-hydrogen) atoms. The highest BCUT2D eigenvalue weighted by Gasteiger charge is 2.17. The molecule has 6 heteroatoms. The molecule has 0 saturated carbocycles. The molecule has 2 amide bonds. The first kappa shape index (κ1) is 19.4. The normalized spacial score (nSPS) is 10.7. The van der Waals surface area contributed by atoms with Crippen LogP contribution in [0.4, 0.5) is 5.69 Å². The minimum atomic E-state index is -0.269. The third kappa shape index (κ3) is 4.07. The van der Waals surface area contributed by atoms with Crippen LogP contribution in [0, 0.1) is 0 Å². The zero-order valence-corrected chi connectivity index (χ0v) is 16.6. The first-order chi connectivity index (χ1) is 14.6. The Balaban J connectivity index is 1.40. The van der Waals surface area contributed by atoms with Crippen LogP contribution in [0.1, 0.15) is 26.4 Å². The maximum absolute atomic E-state index is 12.7. The summed E-state index contributed by atoms with van der Waals surface area (Å²) in [6, 6.07) is 20.5. The van der Waals surface area contributed by atoms with Crippen molar-refractivity contribution < 1.29 is 9.59 Å². The van der Waals surface area contributed by atoms with Crippen LogP contribution in [0.3, 0.4) is 0 Å². The Kier molecular flexibility index (Phi) is 5.57. The number of carbonyl (C=O) groups is 2. The molecule has 0 aliphatic rings. The fraction of sp³-hybridized carbons (Fsp3) is 0.125. The fourth-order valence-electron chi connectivity index (χ4n) is 3.38. The molecular formula is C24H22N4O2. The molecule has 2 N–H and O–H groups in total. The number of hydrogen-bond acceptors (Lipinski definition) is 3. The number of nitrogens with zero attached hydrogens (tertiary/aromatic N) is 2. The second-order valence-electron chi connectivity index (χ2n) is 6.99. The van der Waals surface area contributed by atoms with Gasteiger partial charge >= 0.3 is 0 Å². The van der Waals surface area contributed by atoms with E-state index in [4.69, 9.17) is 0 Å². The number of benzene rings is 2. The molecule has 150 valence electrons. The smallest absolute Gasteiger partial charge is 0.276 e. The highest BCUT2D eigenvalue weighted by atomic mass is 16.2. The van der Waals surface area contributed by atoms with Crippen LogP contribution in [0.25, 0.3) is 10.9 Å². The Bertz CT molecular complexity index is 1180. The lowest BCUT2D eigenvalue weighted by Gasteiger charge is -2.17. The van der Waals surface area contributed by atoms with Crippen molar-refractivity contribution in [3.8, 4) is 0 Å². The lowest BCUT2D eigenvalue weighted by molar-refractivity contribution is 0.0954. The molecule has 0 spiro atoms. The van der Waals surface area contributed by atoms with Crippen LogP contribution in [-0.4, -0.2) is 35.4 Å². The summed E-state index contributed by atoms with van der Waals surface area (Å²) >= 11 is 0. The van der Waals surface area contributed by atoms with Gasteiger partial charge < -0.3 is 15.2 Å². The van der Waals surface area contributed by atoms with E-state index in [1.54, 1.807) is 13.1 Å². The van der Waals surface area contributed by atoms with Crippen LogP contribution in [-0.2, 0) is 6.42 Å². The molecule has 0 fully saturated rings. The second-order valence-corrected chi connectivity index (χ2v) is 6.99. The van der Waals surface area contributed by atoms with E-state index in [0.717, 1.165) is 22.2 Å². The molecular weight excluding hydrogens is 376 g/mol. The van der Waals surface area contributed by atoms with Gasteiger partial charge in [-0.15, -0.1) is 0 Å². The van der Waals surface area contributed by atoms with E-state index < -0.39 is 0 Å². The van der Waals surface area contributed by atoms with E-state index in [2.05, 4.69) is 21.4 Å². The SMILES string of the molecule is CN(C(=O)c1cc(C(=O)NCCc2c[nH]c3ccccc23)ccn1)c1ccccc1. The summed E-state index contributed by atoms with van der Waals surface area (Å²) in [6.45, 7) is 0.496. The van der Waals surface area contributed by atoms with Gasteiger partial charge in [0.25, 0.3) is 11.8 Å². The Morgan fingerprint density at radius 1 is 1.03 bits per heavy atom. The van der Waals surface area contributed by atoms with E-state index in [9.17, 15) is 9.59 Å². The predicted molar refractivity (Wildman–Crippen MR) is 118 cm³/mol. The van der Waals surface area contributed by atoms with Crippen molar-refractivity contribution in [2.45, 2.75) is 6.42 Å². The quantitative estimate of drug-likeness (QED) is 0.518. The van der Waals surface area contributed by atoms with E-state index >= 15 is 0 Å². The van der Waals surface area contributed by atoms with E-state index in [0.29, 0.717) is 18.5 Å². The van der Waals surface area contributed by atoms with Crippen LogP contribution in [0.2, 0.25) is 0 Å². The molecule has 0 atom stereocenters. The number of fused-ring (bicyclic) bond motifs is 1. The van der Waals surface area contributed by atoms with Crippen LogP contribution in [0.15, 0.2) is 79.1 Å². The van der Waals surface area contributed by atoms with Crippen LogP contribution in [0.5, 0.6) is 0 Å². The second kappa shape index (κ2) is 8.61. The highest BCUT2D eigenvalue weighted by Crippen LogP contribution is 2.18. The number of anilines is 1. The topological polar surface area (TPSA) is 78.1 Å².